The number of hydrogen-bond acceptors (Lipinski definition) is 2. The van der Waals surface area contributed by atoms with Crippen LogP contribution in [0.1, 0.15) is 19.3 Å². The Morgan fingerprint density at radius 3 is 2.29 bits per heavy atom. The van der Waals surface area contributed by atoms with E-state index in [2.05, 4.69) is 44.5 Å². The first-order valence-corrected chi connectivity index (χ1v) is 9.40. The minimum absolute atomic E-state index is 0.585. The van der Waals surface area contributed by atoms with Gasteiger partial charge in [0.1, 0.15) is 0 Å². The minimum atomic E-state index is -1.02. The number of nitrogens with zero attached hydrogens (tertiary/aromatic N) is 1. The molecule has 1 aromatic rings. The Morgan fingerprint density at radius 1 is 1.05 bits per heavy atom. The summed E-state index contributed by atoms with van der Waals surface area (Å²) in [6, 6.07) is 7.80. The van der Waals surface area contributed by atoms with Crippen molar-refractivity contribution in [1.29, 1.82) is 0 Å². The predicted octanol–water partition coefficient (Wildman–Crippen LogP) is 4.32. The molecule has 0 bridgehead atoms. The summed E-state index contributed by atoms with van der Waals surface area (Å²) in [4.78, 5) is 0.897. The van der Waals surface area contributed by atoms with Gasteiger partial charge in [-0.3, -0.25) is 0 Å². The standard InChI is InChI=1S/C17H20BrNOS/c18-16-6-8-17(9-7-16)21(20)19-12-10-15(11-13-19)14-4-2-1-3-5-14/h2-9,14-15H,1,10-13H2. The molecule has 1 unspecified atom stereocenters. The third-order valence-corrected chi connectivity index (χ3v) is 6.32. The highest BCUT2D eigenvalue weighted by Crippen LogP contribution is 2.31. The number of piperidine rings is 1. The second-order valence-electron chi connectivity index (χ2n) is 5.64. The van der Waals surface area contributed by atoms with Crippen molar-refractivity contribution in [3.05, 3.63) is 53.0 Å². The van der Waals surface area contributed by atoms with Crippen LogP contribution in [0, 0.1) is 11.8 Å². The third-order valence-electron chi connectivity index (χ3n) is 4.28. The molecule has 0 N–H and O–H groups in total. The Labute approximate surface area is 138 Å². The van der Waals surface area contributed by atoms with E-state index in [1.807, 2.05) is 24.3 Å². The molecule has 0 radical (unpaired) electrons. The molecule has 1 atom stereocenters. The van der Waals surface area contributed by atoms with Crippen LogP contribution >= 0.6 is 15.9 Å². The first-order valence-electron chi connectivity index (χ1n) is 7.50. The molecular formula is C17H20BrNOS. The van der Waals surface area contributed by atoms with Crippen LogP contribution in [-0.2, 0) is 11.4 Å². The van der Waals surface area contributed by atoms with Gasteiger partial charge in [-0.2, -0.15) is 0 Å². The largest absolute Gasteiger partial charge is 0.593 e. The van der Waals surface area contributed by atoms with E-state index in [0.717, 1.165) is 41.7 Å². The predicted molar refractivity (Wildman–Crippen MR) is 91.2 cm³/mol. The molecule has 0 saturated carbocycles. The number of hydrogen-bond donors (Lipinski definition) is 0. The van der Waals surface area contributed by atoms with E-state index in [9.17, 15) is 4.55 Å². The molecule has 2 aliphatic rings. The maximum atomic E-state index is 12.6. The van der Waals surface area contributed by atoms with Crippen molar-refractivity contribution >= 4 is 27.3 Å². The van der Waals surface area contributed by atoms with E-state index >= 15 is 0 Å². The topological polar surface area (TPSA) is 26.3 Å². The molecule has 21 heavy (non-hydrogen) atoms. The van der Waals surface area contributed by atoms with Gasteiger partial charge in [-0.1, -0.05) is 40.2 Å². The second kappa shape index (κ2) is 7.14. The molecule has 1 aliphatic heterocycles. The Morgan fingerprint density at radius 2 is 1.67 bits per heavy atom. The van der Waals surface area contributed by atoms with Crippen LogP contribution in [0.2, 0.25) is 0 Å². The fraction of sp³-hybridized carbons (Fsp3) is 0.412. The van der Waals surface area contributed by atoms with Crippen molar-refractivity contribution < 1.29 is 4.55 Å². The van der Waals surface area contributed by atoms with Gasteiger partial charge < -0.3 is 4.55 Å². The SMILES string of the molecule is [O-][S+](c1ccc(Br)cc1)N1CCC(C2C=CCC=C2)CC1. The molecule has 1 aromatic carbocycles. The average Bonchev–Trinajstić information content (AvgIpc) is 2.56. The third kappa shape index (κ3) is 3.81. The van der Waals surface area contributed by atoms with Crippen LogP contribution in [0.25, 0.3) is 0 Å². The van der Waals surface area contributed by atoms with Crippen LogP contribution in [0.15, 0.2) is 57.9 Å². The van der Waals surface area contributed by atoms with Gasteiger partial charge in [0.15, 0.2) is 4.90 Å². The lowest BCUT2D eigenvalue weighted by molar-refractivity contribution is 0.249. The van der Waals surface area contributed by atoms with Gasteiger partial charge in [0.05, 0.1) is 11.4 Å². The summed E-state index contributed by atoms with van der Waals surface area (Å²) < 4.78 is 15.7. The molecule has 4 heteroatoms. The molecular weight excluding hydrogens is 346 g/mol. The van der Waals surface area contributed by atoms with Gasteiger partial charge in [-0.25, -0.2) is 0 Å². The highest BCUT2D eigenvalue weighted by atomic mass is 79.9. The maximum Gasteiger partial charge on any atom is 0.174 e. The van der Waals surface area contributed by atoms with E-state index in [1.165, 1.54) is 0 Å². The first-order chi connectivity index (χ1) is 10.2. The smallest absolute Gasteiger partial charge is 0.174 e. The van der Waals surface area contributed by atoms with Crippen molar-refractivity contribution in [2.75, 3.05) is 13.1 Å². The summed E-state index contributed by atoms with van der Waals surface area (Å²) >= 11 is 2.40. The Bertz CT molecular complexity index is 508. The van der Waals surface area contributed by atoms with Crippen molar-refractivity contribution in [1.82, 2.24) is 4.31 Å². The lowest BCUT2D eigenvalue weighted by Crippen LogP contribution is -2.39. The lowest BCUT2D eigenvalue weighted by atomic mass is 9.83. The zero-order valence-corrected chi connectivity index (χ0v) is 14.4. The van der Waals surface area contributed by atoms with Crippen LogP contribution < -0.4 is 0 Å². The monoisotopic (exact) mass is 365 g/mol. The van der Waals surface area contributed by atoms with E-state index in [1.54, 1.807) is 0 Å². The van der Waals surface area contributed by atoms with E-state index in [4.69, 9.17) is 0 Å². The normalized spacial score (nSPS) is 22.6. The van der Waals surface area contributed by atoms with Gasteiger partial charge in [-0.05, 0) is 55.4 Å². The first kappa shape index (κ1) is 15.3. The summed E-state index contributed by atoms with van der Waals surface area (Å²) in [5.41, 5.74) is 0. The summed E-state index contributed by atoms with van der Waals surface area (Å²) in [6.07, 6.45) is 12.5. The van der Waals surface area contributed by atoms with Crippen LogP contribution in [-0.4, -0.2) is 21.9 Å². The van der Waals surface area contributed by atoms with Crippen molar-refractivity contribution in [2.45, 2.75) is 24.2 Å². The average molecular weight is 366 g/mol. The summed E-state index contributed by atoms with van der Waals surface area (Å²) in [5.74, 6) is 1.29. The fourth-order valence-electron chi connectivity index (χ4n) is 3.05. The zero-order chi connectivity index (χ0) is 14.7. The highest BCUT2D eigenvalue weighted by Gasteiger charge is 2.30. The van der Waals surface area contributed by atoms with Crippen LogP contribution in [0.4, 0.5) is 0 Å². The van der Waals surface area contributed by atoms with Crippen LogP contribution in [0.5, 0.6) is 0 Å². The number of benzene rings is 1. The van der Waals surface area contributed by atoms with Crippen LogP contribution in [0.3, 0.4) is 0 Å². The minimum Gasteiger partial charge on any atom is -0.593 e. The van der Waals surface area contributed by atoms with Gasteiger partial charge in [0.2, 0.25) is 0 Å². The van der Waals surface area contributed by atoms with E-state index in [0.29, 0.717) is 11.8 Å². The zero-order valence-electron chi connectivity index (χ0n) is 12.0. The Hall–Kier alpha value is -0.550. The highest BCUT2D eigenvalue weighted by molar-refractivity contribution is 9.10. The quantitative estimate of drug-likeness (QED) is 0.588. The molecule has 0 amide bonds. The fourth-order valence-corrected chi connectivity index (χ4v) is 4.53. The molecule has 112 valence electrons. The molecule has 2 nitrogen and oxygen atoms in total. The Balaban J connectivity index is 1.57. The Kier molecular flexibility index (Phi) is 5.22. The molecule has 1 heterocycles. The van der Waals surface area contributed by atoms with Gasteiger partial charge in [0, 0.05) is 17.6 Å². The summed E-state index contributed by atoms with van der Waals surface area (Å²) in [5, 5.41) is 0. The summed E-state index contributed by atoms with van der Waals surface area (Å²) in [6.45, 7) is 1.84. The molecule has 1 aliphatic carbocycles. The number of allylic oxidation sites excluding steroid dienone is 4. The van der Waals surface area contributed by atoms with Crippen molar-refractivity contribution in [3.63, 3.8) is 0 Å². The van der Waals surface area contributed by atoms with Gasteiger partial charge in [0.25, 0.3) is 0 Å². The van der Waals surface area contributed by atoms with E-state index in [-0.39, 0.29) is 0 Å². The molecule has 1 fully saturated rings. The van der Waals surface area contributed by atoms with Gasteiger partial charge in [-0.15, -0.1) is 4.31 Å². The lowest BCUT2D eigenvalue weighted by Gasteiger charge is -2.34. The molecule has 3 rings (SSSR count). The van der Waals surface area contributed by atoms with Crippen molar-refractivity contribution in [3.8, 4) is 0 Å². The summed E-state index contributed by atoms with van der Waals surface area (Å²) in [7, 11) is 0. The molecule has 1 saturated heterocycles. The number of rotatable bonds is 3. The van der Waals surface area contributed by atoms with E-state index < -0.39 is 11.4 Å². The van der Waals surface area contributed by atoms with Crippen molar-refractivity contribution in [2.24, 2.45) is 11.8 Å². The maximum absolute atomic E-state index is 12.6. The molecule has 0 aromatic heterocycles. The van der Waals surface area contributed by atoms with Gasteiger partial charge >= 0.3 is 0 Å². The molecule has 0 spiro atoms. The number of halogens is 1. The second-order valence-corrected chi connectivity index (χ2v) is 8.04.